The molecule has 2 saturated heterocycles. The Morgan fingerprint density at radius 1 is 1.25 bits per heavy atom. The molecule has 3 heterocycles. The summed E-state index contributed by atoms with van der Waals surface area (Å²) < 4.78 is 27.3. The second kappa shape index (κ2) is 5.93. The second-order valence-corrected chi connectivity index (χ2v) is 9.16. The Labute approximate surface area is 131 Å². The number of hydrogen-bond acceptors (Lipinski definition) is 4. The first-order chi connectivity index (χ1) is 8.96. The molecule has 0 amide bonds. The van der Waals surface area contributed by atoms with Gasteiger partial charge in [-0.1, -0.05) is 0 Å². The van der Waals surface area contributed by atoms with E-state index in [2.05, 4.69) is 5.32 Å². The topological polar surface area (TPSA) is 49.4 Å². The van der Waals surface area contributed by atoms with Crippen molar-refractivity contribution >= 4 is 33.8 Å². The van der Waals surface area contributed by atoms with Crippen molar-refractivity contribution in [2.75, 3.05) is 7.05 Å². The molecule has 1 aromatic heterocycles. The number of halogens is 1. The SMILES string of the molecule is Cc1ccc(S(=O)(=O)N(C)C2CC3CCC(C2)N3)s1.Cl. The molecular weight excluding hydrogens is 316 g/mol. The Morgan fingerprint density at radius 3 is 2.35 bits per heavy atom. The summed E-state index contributed by atoms with van der Waals surface area (Å²) in [6.07, 6.45) is 4.26. The summed E-state index contributed by atoms with van der Waals surface area (Å²) in [4.78, 5) is 1.04. The van der Waals surface area contributed by atoms with Crippen LogP contribution < -0.4 is 5.32 Å². The van der Waals surface area contributed by atoms with Crippen molar-refractivity contribution < 1.29 is 8.42 Å². The highest BCUT2D eigenvalue weighted by atomic mass is 35.5. The minimum Gasteiger partial charge on any atom is -0.311 e. The van der Waals surface area contributed by atoms with Gasteiger partial charge in [0.05, 0.1) is 0 Å². The summed E-state index contributed by atoms with van der Waals surface area (Å²) >= 11 is 1.36. The van der Waals surface area contributed by atoms with Gasteiger partial charge in [-0.05, 0) is 44.7 Å². The van der Waals surface area contributed by atoms with E-state index >= 15 is 0 Å². The average molecular weight is 337 g/mol. The van der Waals surface area contributed by atoms with Gasteiger partial charge in [-0.3, -0.25) is 0 Å². The molecule has 1 aromatic rings. The molecule has 114 valence electrons. The van der Waals surface area contributed by atoms with E-state index < -0.39 is 10.0 Å². The fourth-order valence-corrected chi connectivity index (χ4v) is 6.06. The van der Waals surface area contributed by atoms with Gasteiger partial charge in [0.2, 0.25) is 0 Å². The molecule has 2 fully saturated rings. The fraction of sp³-hybridized carbons (Fsp3) is 0.692. The summed E-state index contributed by atoms with van der Waals surface area (Å²) in [6, 6.07) is 4.75. The zero-order valence-electron chi connectivity index (χ0n) is 11.7. The van der Waals surface area contributed by atoms with Gasteiger partial charge in [-0.25, -0.2) is 8.42 Å². The van der Waals surface area contributed by atoms with E-state index in [0.717, 1.165) is 17.7 Å². The molecule has 0 aromatic carbocycles. The maximum absolute atomic E-state index is 12.6. The van der Waals surface area contributed by atoms with Gasteiger partial charge < -0.3 is 5.32 Å². The van der Waals surface area contributed by atoms with E-state index in [-0.39, 0.29) is 18.4 Å². The van der Waals surface area contributed by atoms with Crippen molar-refractivity contribution in [1.29, 1.82) is 0 Å². The van der Waals surface area contributed by atoms with E-state index in [1.54, 1.807) is 17.4 Å². The molecule has 1 N–H and O–H groups in total. The monoisotopic (exact) mass is 336 g/mol. The van der Waals surface area contributed by atoms with Crippen LogP contribution in [0.25, 0.3) is 0 Å². The molecule has 2 atom stereocenters. The third-order valence-electron chi connectivity index (χ3n) is 4.31. The number of fused-ring (bicyclic) bond motifs is 2. The third-order valence-corrected chi connectivity index (χ3v) is 7.69. The van der Waals surface area contributed by atoms with Crippen LogP contribution >= 0.6 is 23.7 Å². The minimum atomic E-state index is -3.31. The standard InChI is InChI=1S/C13H20N2O2S2.ClH/c1-9-3-6-13(18-9)19(16,17)15(2)12-7-10-4-5-11(8-12)14-10;/h3,6,10-12,14H,4-5,7-8H2,1-2H3;1H. The maximum atomic E-state index is 12.6. The van der Waals surface area contributed by atoms with Crippen LogP contribution in [0.5, 0.6) is 0 Å². The predicted octanol–water partition coefficient (Wildman–Crippen LogP) is 2.38. The van der Waals surface area contributed by atoms with Crippen molar-refractivity contribution in [1.82, 2.24) is 9.62 Å². The smallest absolute Gasteiger partial charge is 0.252 e. The predicted molar refractivity (Wildman–Crippen MR) is 84.2 cm³/mol. The van der Waals surface area contributed by atoms with Crippen LogP contribution in [0, 0.1) is 6.92 Å². The van der Waals surface area contributed by atoms with Crippen molar-refractivity contribution in [2.45, 2.75) is 54.9 Å². The number of rotatable bonds is 3. The number of hydrogen-bond donors (Lipinski definition) is 1. The highest BCUT2D eigenvalue weighted by molar-refractivity contribution is 7.91. The van der Waals surface area contributed by atoms with Crippen LogP contribution in [0.15, 0.2) is 16.3 Å². The molecule has 4 nitrogen and oxygen atoms in total. The number of aryl methyl sites for hydroxylation is 1. The summed E-state index contributed by atoms with van der Waals surface area (Å²) in [6.45, 7) is 1.94. The van der Waals surface area contributed by atoms with Crippen LogP contribution in [0.3, 0.4) is 0 Å². The molecule has 2 aliphatic rings. The number of sulfonamides is 1. The van der Waals surface area contributed by atoms with Gasteiger partial charge in [0.25, 0.3) is 10.0 Å². The lowest BCUT2D eigenvalue weighted by Crippen LogP contribution is -2.48. The van der Waals surface area contributed by atoms with Crippen LogP contribution in [0.2, 0.25) is 0 Å². The van der Waals surface area contributed by atoms with E-state index in [1.807, 2.05) is 13.0 Å². The molecule has 2 aliphatic heterocycles. The van der Waals surface area contributed by atoms with Gasteiger partial charge >= 0.3 is 0 Å². The molecule has 0 aliphatic carbocycles. The molecule has 3 rings (SSSR count). The fourth-order valence-electron chi connectivity index (χ4n) is 3.21. The summed E-state index contributed by atoms with van der Waals surface area (Å²) in [5, 5.41) is 3.55. The minimum absolute atomic E-state index is 0. The quantitative estimate of drug-likeness (QED) is 0.922. The summed E-state index contributed by atoms with van der Waals surface area (Å²) in [5.74, 6) is 0. The van der Waals surface area contributed by atoms with Crippen LogP contribution in [-0.4, -0.2) is 37.9 Å². The normalized spacial score (nSPS) is 29.4. The largest absolute Gasteiger partial charge is 0.311 e. The highest BCUT2D eigenvalue weighted by Crippen LogP contribution is 2.33. The van der Waals surface area contributed by atoms with Gasteiger partial charge in [-0.2, -0.15) is 4.31 Å². The molecule has 2 bridgehead atoms. The Morgan fingerprint density at radius 2 is 1.85 bits per heavy atom. The zero-order chi connectivity index (χ0) is 13.6. The van der Waals surface area contributed by atoms with Gasteiger partial charge in [-0.15, -0.1) is 23.7 Å². The van der Waals surface area contributed by atoms with E-state index in [4.69, 9.17) is 0 Å². The first-order valence-electron chi connectivity index (χ1n) is 6.77. The summed E-state index contributed by atoms with van der Waals surface area (Å²) in [5.41, 5.74) is 0. The summed E-state index contributed by atoms with van der Waals surface area (Å²) in [7, 11) is -1.58. The first kappa shape index (κ1) is 16.2. The number of nitrogens with one attached hydrogen (secondary N) is 1. The Balaban J connectivity index is 0.00000147. The molecule has 0 saturated carbocycles. The first-order valence-corrected chi connectivity index (χ1v) is 9.03. The number of piperidine rings is 1. The number of thiophene rings is 1. The van der Waals surface area contributed by atoms with E-state index in [0.29, 0.717) is 16.3 Å². The molecule has 2 unspecified atom stereocenters. The van der Waals surface area contributed by atoms with Crippen LogP contribution in [0.4, 0.5) is 0 Å². The van der Waals surface area contributed by atoms with Crippen molar-refractivity contribution in [3.8, 4) is 0 Å². The van der Waals surface area contributed by atoms with Crippen LogP contribution in [-0.2, 0) is 10.0 Å². The average Bonchev–Trinajstić information content (AvgIpc) is 2.95. The van der Waals surface area contributed by atoms with Gasteiger partial charge in [0, 0.05) is 30.1 Å². The van der Waals surface area contributed by atoms with Gasteiger partial charge in [0.1, 0.15) is 4.21 Å². The van der Waals surface area contributed by atoms with E-state index in [9.17, 15) is 8.42 Å². The molecular formula is C13H21ClN2O2S2. The Kier molecular flexibility index (Phi) is 4.81. The number of nitrogens with zero attached hydrogens (tertiary/aromatic N) is 1. The zero-order valence-corrected chi connectivity index (χ0v) is 14.2. The Bertz CT molecular complexity index is 561. The van der Waals surface area contributed by atoms with Crippen LogP contribution in [0.1, 0.15) is 30.6 Å². The Hall–Kier alpha value is -0.140. The second-order valence-electron chi connectivity index (χ2n) is 5.65. The van der Waals surface area contributed by atoms with Crippen molar-refractivity contribution in [3.63, 3.8) is 0 Å². The molecule has 0 radical (unpaired) electrons. The van der Waals surface area contributed by atoms with Crippen molar-refractivity contribution in [2.24, 2.45) is 0 Å². The van der Waals surface area contributed by atoms with E-state index in [1.165, 1.54) is 24.2 Å². The lowest BCUT2D eigenvalue weighted by Gasteiger charge is -2.34. The maximum Gasteiger partial charge on any atom is 0.252 e. The lowest BCUT2D eigenvalue weighted by atomic mass is 10.0. The van der Waals surface area contributed by atoms with Gasteiger partial charge in [0.15, 0.2) is 0 Å². The molecule has 7 heteroatoms. The molecule has 20 heavy (non-hydrogen) atoms. The highest BCUT2D eigenvalue weighted by Gasteiger charge is 2.39. The third kappa shape index (κ3) is 2.90. The molecule has 0 spiro atoms. The van der Waals surface area contributed by atoms with Crippen molar-refractivity contribution in [3.05, 3.63) is 17.0 Å². The lowest BCUT2D eigenvalue weighted by molar-refractivity contribution is 0.252.